The fourth-order valence-electron chi connectivity index (χ4n) is 1.88. The zero-order valence-electron chi connectivity index (χ0n) is 12.3. The molecule has 0 aliphatic carbocycles. The minimum atomic E-state index is -0.294. The number of carbonyl (C=O) groups is 1. The maximum Gasteiger partial charge on any atom is 0.273 e. The molecule has 1 N–H and O–H groups in total. The molecular formula is C15H18N2O4. The number of aromatic nitrogens is 1. The van der Waals surface area contributed by atoms with Crippen molar-refractivity contribution >= 4 is 5.91 Å². The summed E-state index contributed by atoms with van der Waals surface area (Å²) in [5, 5.41) is 6.57. The molecule has 1 amide bonds. The van der Waals surface area contributed by atoms with Crippen LogP contribution in [0.3, 0.4) is 0 Å². The predicted octanol–water partition coefficient (Wildman–Crippen LogP) is 2.11. The highest BCUT2D eigenvalue weighted by Gasteiger charge is 2.15. The number of benzene rings is 1. The fraction of sp³-hybridized carbons (Fsp3) is 0.333. The number of nitrogens with one attached hydrogen (secondary N) is 1. The molecule has 6 heteroatoms. The van der Waals surface area contributed by atoms with Crippen LogP contribution < -0.4 is 10.1 Å². The summed E-state index contributed by atoms with van der Waals surface area (Å²) in [7, 11) is 3.18. The molecule has 0 spiro atoms. The van der Waals surface area contributed by atoms with Gasteiger partial charge in [0.15, 0.2) is 11.5 Å². The molecule has 1 atom stereocenters. The van der Waals surface area contributed by atoms with Crippen LogP contribution in [-0.2, 0) is 4.74 Å². The van der Waals surface area contributed by atoms with Crippen LogP contribution in [0.25, 0.3) is 11.3 Å². The van der Waals surface area contributed by atoms with Crippen LogP contribution in [0.4, 0.5) is 0 Å². The Morgan fingerprint density at radius 2 is 2.19 bits per heavy atom. The molecule has 2 rings (SSSR count). The van der Waals surface area contributed by atoms with Crippen molar-refractivity contribution in [1.29, 1.82) is 0 Å². The van der Waals surface area contributed by atoms with Crippen molar-refractivity contribution in [1.82, 2.24) is 10.5 Å². The van der Waals surface area contributed by atoms with Gasteiger partial charge in [-0.15, -0.1) is 0 Å². The Hall–Kier alpha value is -2.34. The van der Waals surface area contributed by atoms with Crippen LogP contribution >= 0.6 is 0 Å². The van der Waals surface area contributed by atoms with E-state index in [1.54, 1.807) is 20.3 Å². The molecule has 1 heterocycles. The van der Waals surface area contributed by atoms with E-state index in [-0.39, 0.29) is 17.6 Å². The lowest BCUT2D eigenvalue weighted by atomic mass is 10.1. The van der Waals surface area contributed by atoms with Gasteiger partial charge >= 0.3 is 0 Å². The molecule has 0 saturated heterocycles. The minimum Gasteiger partial charge on any atom is -0.497 e. The first kappa shape index (κ1) is 15.1. The summed E-state index contributed by atoms with van der Waals surface area (Å²) in [5.74, 6) is 0.930. The summed E-state index contributed by atoms with van der Waals surface area (Å²) in [6.07, 6.45) is 0. The van der Waals surface area contributed by atoms with Crippen molar-refractivity contribution in [2.75, 3.05) is 20.8 Å². The van der Waals surface area contributed by atoms with E-state index in [9.17, 15) is 4.79 Å². The van der Waals surface area contributed by atoms with E-state index in [1.165, 1.54) is 0 Å². The Morgan fingerprint density at radius 1 is 1.38 bits per heavy atom. The summed E-state index contributed by atoms with van der Waals surface area (Å²) < 4.78 is 15.3. The SMILES string of the molecule is COC[C@@H](C)NC(=O)c1cc(-c2cccc(OC)c2)on1. The van der Waals surface area contributed by atoms with Crippen molar-refractivity contribution in [2.24, 2.45) is 0 Å². The second kappa shape index (κ2) is 6.90. The van der Waals surface area contributed by atoms with Gasteiger partial charge in [-0.1, -0.05) is 17.3 Å². The highest BCUT2D eigenvalue weighted by atomic mass is 16.5. The highest BCUT2D eigenvalue weighted by Crippen LogP contribution is 2.24. The van der Waals surface area contributed by atoms with Crippen molar-refractivity contribution in [3.63, 3.8) is 0 Å². The van der Waals surface area contributed by atoms with Gasteiger partial charge in [0.2, 0.25) is 0 Å². The van der Waals surface area contributed by atoms with Gasteiger partial charge in [-0.2, -0.15) is 0 Å². The molecule has 6 nitrogen and oxygen atoms in total. The molecule has 0 saturated carbocycles. The lowest BCUT2D eigenvalue weighted by Crippen LogP contribution is -2.35. The molecule has 1 aromatic heterocycles. The molecule has 0 bridgehead atoms. The van der Waals surface area contributed by atoms with E-state index in [2.05, 4.69) is 10.5 Å². The Morgan fingerprint density at radius 3 is 2.90 bits per heavy atom. The van der Waals surface area contributed by atoms with Gasteiger partial charge in [0.1, 0.15) is 5.75 Å². The van der Waals surface area contributed by atoms with Crippen LogP contribution in [0.5, 0.6) is 5.75 Å². The van der Waals surface area contributed by atoms with E-state index >= 15 is 0 Å². The molecule has 0 unspecified atom stereocenters. The molecular weight excluding hydrogens is 272 g/mol. The van der Waals surface area contributed by atoms with Crippen molar-refractivity contribution in [3.05, 3.63) is 36.0 Å². The fourth-order valence-corrected chi connectivity index (χ4v) is 1.88. The van der Waals surface area contributed by atoms with Gasteiger partial charge < -0.3 is 19.3 Å². The van der Waals surface area contributed by atoms with Gasteiger partial charge in [-0.25, -0.2) is 0 Å². The lowest BCUT2D eigenvalue weighted by molar-refractivity contribution is 0.0896. The van der Waals surface area contributed by atoms with Crippen LogP contribution in [0.15, 0.2) is 34.9 Å². The molecule has 0 aliphatic rings. The summed E-state index contributed by atoms with van der Waals surface area (Å²) >= 11 is 0. The molecule has 0 fully saturated rings. The average Bonchev–Trinajstić information content (AvgIpc) is 2.97. The number of rotatable bonds is 6. The number of amides is 1. The van der Waals surface area contributed by atoms with Gasteiger partial charge in [0.25, 0.3) is 5.91 Å². The quantitative estimate of drug-likeness (QED) is 0.882. The maximum absolute atomic E-state index is 12.0. The molecule has 21 heavy (non-hydrogen) atoms. The van der Waals surface area contributed by atoms with Crippen molar-refractivity contribution < 1.29 is 18.8 Å². The minimum absolute atomic E-state index is 0.0977. The first-order chi connectivity index (χ1) is 10.1. The third-order valence-corrected chi connectivity index (χ3v) is 2.89. The highest BCUT2D eigenvalue weighted by molar-refractivity contribution is 5.93. The molecule has 0 radical (unpaired) electrons. The Kier molecular flexibility index (Phi) is 4.94. The lowest BCUT2D eigenvalue weighted by Gasteiger charge is -2.10. The summed E-state index contributed by atoms with van der Waals surface area (Å²) in [6.45, 7) is 2.29. The normalized spacial score (nSPS) is 12.0. The molecule has 1 aromatic carbocycles. The number of hydrogen-bond donors (Lipinski definition) is 1. The Labute approximate surface area is 123 Å². The number of nitrogens with zero attached hydrogens (tertiary/aromatic N) is 1. The second-order valence-electron chi connectivity index (χ2n) is 4.64. The van der Waals surface area contributed by atoms with Crippen LogP contribution in [0.2, 0.25) is 0 Å². The van der Waals surface area contributed by atoms with Crippen LogP contribution in [-0.4, -0.2) is 37.9 Å². The second-order valence-corrected chi connectivity index (χ2v) is 4.64. The Bertz CT molecular complexity index is 609. The largest absolute Gasteiger partial charge is 0.497 e. The Balaban J connectivity index is 2.12. The third-order valence-electron chi connectivity index (χ3n) is 2.89. The van der Waals surface area contributed by atoms with Gasteiger partial charge in [0, 0.05) is 24.8 Å². The van der Waals surface area contributed by atoms with E-state index in [0.29, 0.717) is 18.1 Å². The van der Waals surface area contributed by atoms with Crippen LogP contribution in [0.1, 0.15) is 17.4 Å². The smallest absolute Gasteiger partial charge is 0.273 e. The van der Waals surface area contributed by atoms with E-state index in [0.717, 1.165) is 5.56 Å². The van der Waals surface area contributed by atoms with Gasteiger partial charge in [0.05, 0.1) is 13.7 Å². The zero-order chi connectivity index (χ0) is 15.2. The number of methoxy groups -OCH3 is 2. The monoisotopic (exact) mass is 290 g/mol. The van der Waals surface area contributed by atoms with E-state index in [1.807, 2.05) is 31.2 Å². The van der Waals surface area contributed by atoms with Crippen LogP contribution in [0, 0.1) is 0 Å². The summed E-state index contributed by atoms with van der Waals surface area (Å²) in [6, 6.07) is 8.86. The van der Waals surface area contributed by atoms with Gasteiger partial charge in [-0.3, -0.25) is 4.79 Å². The molecule has 112 valence electrons. The van der Waals surface area contributed by atoms with Gasteiger partial charge in [-0.05, 0) is 19.1 Å². The average molecular weight is 290 g/mol. The zero-order valence-corrected chi connectivity index (χ0v) is 12.3. The molecule has 2 aromatic rings. The third kappa shape index (κ3) is 3.82. The topological polar surface area (TPSA) is 73.6 Å². The predicted molar refractivity (Wildman–Crippen MR) is 77.3 cm³/mol. The standard InChI is InChI=1S/C15H18N2O4/c1-10(9-19-2)16-15(18)13-8-14(21-17-13)11-5-4-6-12(7-11)20-3/h4-8,10H,9H2,1-3H3,(H,16,18)/t10-/m1/s1. The van der Waals surface area contributed by atoms with E-state index < -0.39 is 0 Å². The first-order valence-corrected chi connectivity index (χ1v) is 6.55. The summed E-state index contributed by atoms with van der Waals surface area (Å²) in [4.78, 5) is 12.0. The maximum atomic E-state index is 12.0. The van der Waals surface area contributed by atoms with Crippen molar-refractivity contribution in [3.8, 4) is 17.1 Å². The van der Waals surface area contributed by atoms with E-state index in [4.69, 9.17) is 14.0 Å². The summed E-state index contributed by atoms with van der Waals surface area (Å²) in [5.41, 5.74) is 1.03. The molecule has 0 aliphatic heterocycles. The number of ether oxygens (including phenoxy) is 2. The number of hydrogen-bond acceptors (Lipinski definition) is 5. The first-order valence-electron chi connectivity index (χ1n) is 6.55. The van der Waals surface area contributed by atoms with Crippen molar-refractivity contribution in [2.45, 2.75) is 13.0 Å². The number of carbonyl (C=O) groups excluding carboxylic acids is 1.